The lowest BCUT2D eigenvalue weighted by Crippen LogP contribution is -2.74. The average Bonchev–Trinajstić information content (AvgIpc) is 3.25. The highest BCUT2D eigenvalue weighted by Crippen LogP contribution is 2.65. The molecule has 5 aliphatic rings. The van der Waals surface area contributed by atoms with Crippen LogP contribution in [0.15, 0.2) is 36.4 Å². The summed E-state index contributed by atoms with van der Waals surface area (Å²) in [6.45, 7) is 0.278. The van der Waals surface area contributed by atoms with Crippen LogP contribution in [-0.2, 0) is 34.0 Å². The fourth-order valence-corrected chi connectivity index (χ4v) is 6.97. The summed E-state index contributed by atoms with van der Waals surface area (Å²) < 4.78 is 15.8. The van der Waals surface area contributed by atoms with Gasteiger partial charge in [0.2, 0.25) is 5.91 Å². The molecule has 0 aromatic heterocycles. The topological polar surface area (TPSA) is 102 Å². The van der Waals surface area contributed by atoms with Crippen LogP contribution in [0.3, 0.4) is 0 Å². The number of benzene rings is 1. The Morgan fingerprint density at radius 2 is 1.76 bits per heavy atom. The Kier molecular flexibility index (Phi) is 4.60. The average molecular weight is 454 g/mol. The summed E-state index contributed by atoms with van der Waals surface area (Å²) in [6.07, 6.45) is 3.89. The zero-order valence-corrected chi connectivity index (χ0v) is 18.8. The Labute approximate surface area is 191 Å². The summed E-state index contributed by atoms with van der Waals surface area (Å²) in [6, 6.07) is 7.11. The SMILES string of the molecule is COC(=O)C1C[C@]23C=CC(=O)N2CC[C@]2(C(=O)OC)c4ccccc4N(C(=O)OC)[C@]12CC3. The molecule has 4 heterocycles. The van der Waals surface area contributed by atoms with Crippen molar-refractivity contribution in [3.8, 4) is 0 Å². The van der Waals surface area contributed by atoms with Gasteiger partial charge in [-0.15, -0.1) is 0 Å². The third kappa shape index (κ3) is 2.37. The minimum atomic E-state index is -1.39. The highest BCUT2D eigenvalue weighted by Gasteiger charge is 2.76. The fraction of sp³-hybridized carbons (Fsp3) is 0.500. The van der Waals surface area contributed by atoms with Gasteiger partial charge in [0.25, 0.3) is 0 Å². The number of esters is 2. The van der Waals surface area contributed by atoms with Gasteiger partial charge < -0.3 is 19.1 Å². The molecular formula is C24H26N2O7. The second-order valence-electron chi connectivity index (χ2n) is 9.10. The van der Waals surface area contributed by atoms with Crippen molar-refractivity contribution >= 4 is 29.6 Å². The van der Waals surface area contributed by atoms with Crippen LogP contribution in [-0.4, -0.2) is 67.8 Å². The first-order valence-electron chi connectivity index (χ1n) is 11.0. The van der Waals surface area contributed by atoms with E-state index in [1.807, 2.05) is 6.08 Å². The number of hydrogen-bond donors (Lipinski definition) is 0. The molecule has 2 spiro atoms. The highest BCUT2D eigenvalue weighted by atomic mass is 16.5. The van der Waals surface area contributed by atoms with Crippen LogP contribution >= 0.6 is 0 Å². The maximum atomic E-state index is 13.8. The third-order valence-electron chi connectivity index (χ3n) is 8.24. The van der Waals surface area contributed by atoms with Crippen molar-refractivity contribution in [1.29, 1.82) is 0 Å². The predicted octanol–water partition coefficient (Wildman–Crippen LogP) is 1.94. The van der Waals surface area contributed by atoms with Gasteiger partial charge in [-0.2, -0.15) is 0 Å². The molecule has 4 atom stereocenters. The van der Waals surface area contributed by atoms with Crippen LogP contribution in [0.4, 0.5) is 10.5 Å². The van der Waals surface area contributed by atoms with E-state index in [0.717, 1.165) is 0 Å². The molecule has 1 saturated carbocycles. The van der Waals surface area contributed by atoms with Crippen LogP contribution in [0.2, 0.25) is 0 Å². The van der Waals surface area contributed by atoms with Gasteiger partial charge in [0.15, 0.2) is 0 Å². The Bertz CT molecular complexity index is 1100. The molecule has 1 unspecified atom stereocenters. The number of fused-ring (bicyclic) bond motifs is 4. The van der Waals surface area contributed by atoms with Crippen molar-refractivity contribution in [2.75, 3.05) is 32.8 Å². The molecule has 1 aromatic carbocycles. The van der Waals surface area contributed by atoms with Crippen molar-refractivity contribution in [2.45, 2.75) is 42.2 Å². The van der Waals surface area contributed by atoms with Crippen LogP contribution in [0.1, 0.15) is 31.2 Å². The molecule has 33 heavy (non-hydrogen) atoms. The number of nitrogens with zero attached hydrogens (tertiary/aromatic N) is 2. The summed E-state index contributed by atoms with van der Waals surface area (Å²) in [5, 5.41) is 0. The normalized spacial score (nSPS) is 33.5. The summed E-state index contributed by atoms with van der Waals surface area (Å²) in [5.41, 5.74) is -2.27. The summed E-state index contributed by atoms with van der Waals surface area (Å²) in [7, 11) is 3.87. The maximum Gasteiger partial charge on any atom is 0.414 e. The molecule has 9 nitrogen and oxygen atoms in total. The van der Waals surface area contributed by atoms with E-state index >= 15 is 0 Å². The first-order chi connectivity index (χ1) is 15.8. The van der Waals surface area contributed by atoms with Gasteiger partial charge in [0, 0.05) is 12.6 Å². The van der Waals surface area contributed by atoms with Gasteiger partial charge in [-0.3, -0.25) is 19.3 Å². The first-order valence-corrected chi connectivity index (χ1v) is 11.0. The number of amides is 2. The van der Waals surface area contributed by atoms with E-state index in [1.54, 1.807) is 29.2 Å². The molecule has 2 amide bonds. The van der Waals surface area contributed by atoms with E-state index < -0.39 is 40.4 Å². The van der Waals surface area contributed by atoms with Crippen molar-refractivity contribution < 1.29 is 33.4 Å². The summed E-state index contributed by atoms with van der Waals surface area (Å²) in [4.78, 5) is 56.6. The smallest absolute Gasteiger partial charge is 0.414 e. The molecule has 174 valence electrons. The monoisotopic (exact) mass is 454 g/mol. The van der Waals surface area contributed by atoms with E-state index in [9.17, 15) is 19.2 Å². The summed E-state index contributed by atoms with van der Waals surface area (Å²) >= 11 is 0. The van der Waals surface area contributed by atoms with Crippen molar-refractivity contribution in [2.24, 2.45) is 5.92 Å². The molecule has 0 N–H and O–H groups in total. The van der Waals surface area contributed by atoms with E-state index in [4.69, 9.17) is 14.2 Å². The van der Waals surface area contributed by atoms with Gasteiger partial charge >= 0.3 is 18.0 Å². The number of rotatable bonds is 2. The van der Waals surface area contributed by atoms with Crippen LogP contribution in [0.25, 0.3) is 0 Å². The predicted molar refractivity (Wildman–Crippen MR) is 115 cm³/mol. The van der Waals surface area contributed by atoms with E-state index in [2.05, 4.69) is 0 Å². The number of carbonyl (C=O) groups is 4. The molecule has 0 radical (unpaired) electrons. The van der Waals surface area contributed by atoms with E-state index in [-0.39, 0.29) is 31.7 Å². The lowest BCUT2D eigenvalue weighted by atomic mass is 9.51. The maximum absolute atomic E-state index is 13.8. The number of methoxy groups -OCH3 is 3. The van der Waals surface area contributed by atoms with Crippen molar-refractivity contribution in [3.05, 3.63) is 42.0 Å². The van der Waals surface area contributed by atoms with Gasteiger partial charge in [0.1, 0.15) is 5.41 Å². The van der Waals surface area contributed by atoms with E-state index in [1.165, 1.54) is 32.3 Å². The highest BCUT2D eigenvalue weighted by molar-refractivity contribution is 6.03. The van der Waals surface area contributed by atoms with Gasteiger partial charge in [-0.05, 0) is 37.3 Å². The number of hydrogen-bond acceptors (Lipinski definition) is 7. The Balaban J connectivity index is 1.87. The zero-order chi connectivity index (χ0) is 23.6. The largest absolute Gasteiger partial charge is 0.469 e. The van der Waals surface area contributed by atoms with Crippen molar-refractivity contribution in [1.82, 2.24) is 4.90 Å². The fourth-order valence-electron chi connectivity index (χ4n) is 6.97. The number of para-hydroxylation sites is 1. The minimum absolute atomic E-state index is 0.149. The Morgan fingerprint density at radius 1 is 1.00 bits per heavy atom. The lowest BCUT2D eigenvalue weighted by molar-refractivity contribution is -0.167. The second-order valence-corrected chi connectivity index (χ2v) is 9.10. The number of ether oxygens (including phenoxy) is 3. The van der Waals surface area contributed by atoms with Crippen LogP contribution in [0.5, 0.6) is 0 Å². The molecule has 9 heteroatoms. The Morgan fingerprint density at radius 3 is 2.45 bits per heavy atom. The number of anilines is 1. The van der Waals surface area contributed by atoms with Crippen LogP contribution in [0, 0.1) is 5.92 Å². The van der Waals surface area contributed by atoms with Gasteiger partial charge in [-0.1, -0.05) is 24.3 Å². The quantitative estimate of drug-likeness (QED) is 0.497. The van der Waals surface area contributed by atoms with Crippen molar-refractivity contribution in [3.63, 3.8) is 0 Å². The minimum Gasteiger partial charge on any atom is -0.469 e. The third-order valence-corrected chi connectivity index (χ3v) is 8.24. The van der Waals surface area contributed by atoms with E-state index in [0.29, 0.717) is 17.7 Å². The molecule has 3 fully saturated rings. The number of carbonyl (C=O) groups excluding carboxylic acids is 4. The molecule has 2 saturated heterocycles. The molecular weight excluding hydrogens is 428 g/mol. The molecule has 4 aliphatic heterocycles. The molecule has 1 aromatic rings. The van der Waals surface area contributed by atoms with Gasteiger partial charge in [0.05, 0.1) is 44.0 Å². The molecule has 6 rings (SSSR count). The van der Waals surface area contributed by atoms with Crippen LogP contribution < -0.4 is 4.90 Å². The molecule has 1 aliphatic carbocycles. The first kappa shape index (κ1) is 21.5. The molecule has 2 bridgehead atoms. The Hall–Kier alpha value is -3.36. The summed E-state index contributed by atoms with van der Waals surface area (Å²) in [5.74, 6) is -2.15. The van der Waals surface area contributed by atoms with Gasteiger partial charge in [-0.25, -0.2) is 4.79 Å². The standard InChI is InChI=1S/C24H26N2O7/c1-31-19(28)16-14-22-9-8-18(27)25(22)13-12-23(20(29)32-2)15-6-4-5-7-17(15)26(21(30)33-3)24(16,23)11-10-22/h4-9,16H,10-14H2,1-3H3/t16?,22-,23-,24-/m1/s1. The lowest BCUT2D eigenvalue weighted by Gasteiger charge is -2.60. The second kappa shape index (κ2) is 7.07. The zero-order valence-electron chi connectivity index (χ0n) is 18.8.